The van der Waals surface area contributed by atoms with Crippen LogP contribution in [0.2, 0.25) is 5.15 Å². The van der Waals surface area contributed by atoms with Crippen LogP contribution in [0.15, 0.2) is 12.3 Å². The predicted octanol–water partition coefficient (Wildman–Crippen LogP) is 2.48. The van der Waals surface area contributed by atoms with Gasteiger partial charge in [-0.3, -0.25) is 9.59 Å². The number of aromatic amines is 1. The van der Waals surface area contributed by atoms with Crippen molar-refractivity contribution in [3.05, 3.63) is 28.7 Å². The Morgan fingerprint density at radius 2 is 2.17 bits per heavy atom. The third kappa shape index (κ3) is 2.36. The molecule has 0 unspecified atom stereocenters. The number of H-pyrrole nitrogens is 1. The minimum atomic E-state index is -0.400. The number of carbonyl (C=O) groups excluding carboxylic acids is 2. The maximum absolute atomic E-state index is 11.4. The van der Waals surface area contributed by atoms with Crippen molar-refractivity contribution in [3.63, 3.8) is 0 Å². The first-order valence-corrected chi connectivity index (χ1v) is 5.67. The highest BCUT2D eigenvalue weighted by Crippen LogP contribution is 2.24. The lowest BCUT2D eigenvalue weighted by Gasteiger charge is -2.04. The zero-order valence-electron chi connectivity index (χ0n) is 9.91. The highest BCUT2D eigenvalue weighted by Gasteiger charge is 2.14. The van der Waals surface area contributed by atoms with Crippen molar-refractivity contribution in [2.75, 3.05) is 0 Å². The van der Waals surface area contributed by atoms with Gasteiger partial charge in [0.05, 0.1) is 5.52 Å². The van der Waals surface area contributed by atoms with Crippen LogP contribution in [0.5, 0.6) is 0 Å². The summed E-state index contributed by atoms with van der Waals surface area (Å²) in [5.41, 5.74) is 1.70. The third-order valence-electron chi connectivity index (χ3n) is 2.51. The molecule has 2 rings (SSSR count). The van der Waals surface area contributed by atoms with Crippen LogP contribution in [0.3, 0.4) is 0 Å². The smallest absolute Gasteiger partial charge is 0.303 e. The van der Waals surface area contributed by atoms with Crippen molar-refractivity contribution < 1.29 is 14.3 Å². The molecule has 0 aliphatic carbocycles. The molecule has 0 fully saturated rings. The number of hydrogen-bond donors (Lipinski definition) is 1. The van der Waals surface area contributed by atoms with E-state index >= 15 is 0 Å². The highest BCUT2D eigenvalue weighted by molar-refractivity contribution is 6.30. The van der Waals surface area contributed by atoms with Crippen LogP contribution in [-0.2, 0) is 16.1 Å². The molecule has 1 N–H and O–H groups in total. The monoisotopic (exact) mass is 266 g/mol. The van der Waals surface area contributed by atoms with E-state index in [1.54, 1.807) is 12.3 Å². The van der Waals surface area contributed by atoms with E-state index in [0.29, 0.717) is 22.2 Å². The lowest BCUT2D eigenvalue weighted by atomic mass is 10.1. The summed E-state index contributed by atoms with van der Waals surface area (Å²) in [5.74, 6) is -0.467. The second-order valence-corrected chi connectivity index (χ2v) is 4.24. The Kier molecular flexibility index (Phi) is 3.34. The summed E-state index contributed by atoms with van der Waals surface area (Å²) in [4.78, 5) is 29.3. The maximum Gasteiger partial charge on any atom is 0.303 e. The number of pyridine rings is 1. The number of fused-ring (bicyclic) bond motifs is 1. The molecular formula is C12H11ClN2O3. The number of hydrogen-bond acceptors (Lipinski definition) is 4. The molecule has 0 saturated carbocycles. The van der Waals surface area contributed by atoms with Gasteiger partial charge in [-0.1, -0.05) is 11.6 Å². The first-order valence-electron chi connectivity index (χ1n) is 5.30. The van der Waals surface area contributed by atoms with Crippen LogP contribution in [0.25, 0.3) is 10.9 Å². The topological polar surface area (TPSA) is 72.0 Å². The molecule has 5 nitrogen and oxygen atoms in total. The summed E-state index contributed by atoms with van der Waals surface area (Å²) in [7, 11) is 0. The minimum Gasteiger partial charge on any atom is -0.459 e. The fraction of sp³-hybridized carbons (Fsp3) is 0.250. The minimum absolute atomic E-state index is 0.0181. The first kappa shape index (κ1) is 12.6. The zero-order chi connectivity index (χ0) is 13.3. The summed E-state index contributed by atoms with van der Waals surface area (Å²) in [5, 5.41) is 0.941. The summed E-state index contributed by atoms with van der Waals surface area (Å²) < 4.78 is 4.90. The number of halogens is 1. The Balaban J connectivity index is 2.53. The van der Waals surface area contributed by atoms with Crippen LogP contribution in [-0.4, -0.2) is 21.7 Å². The molecule has 0 bridgehead atoms. The molecule has 0 saturated heterocycles. The van der Waals surface area contributed by atoms with E-state index in [1.165, 1.54) is 13.8 Å². The van der Waals surface area contributed by atoms with Crippen molar-refractivity contribution >= 4 is 34.3 Å². The fourth-order valence-electron chi connectivity index (χ4n) is 1.73. The van der Waals surface area contributed by atoms with E-state index in [0.717, 1.165) is 0 Å². The van der Waals surface area contributed by atoms with Gasteiger partial charge >= 0.3 is 5.97 Å². The molecular weight excluding hydrogens is 256 g/mol. The van der Waals surface area contributed by atoms with Crippen molar-refractivity contribution in [2.24, 2.45) is 0 Å². The zero-order valence-corrected chi connectivity index (χ0v) is 10.7. The van der Waals surface area contributed by atoms with Gasteiger partial charge in [-0.05, 0) is 13.0 Å². The Morgan fingerprint density at radius 1 is 1.44 bits per heavy atom. The average molecular weight is 267 g/mol. The fourth-order valence-corrected chi connectivity index (χ4v) is 1.94. The molecule has 18 heavy (non-hydrogen) atoms. The van der Waals surface area contributed by atoms with E-state index in [9.17, 15) is 9.59 Å². The standard InChI is InChI=1S/C12H11ClN2O3/c1-6(16)9-4-14-12-8(9)3-11(13)15-10(12)5-18-7(2)17/h3-4,14H,5H2,1-2H3. The van der Waals surface area contributed by atoms with Gasteiger partial charge in [0.25, 0.3) is 0 Å². The summed E-state index contributed by atoms with van der Waals surface area (Å²) >= 11 is 5.90. The SMILES string of the molecule is CC(=O)OCc1nc(Cl)cc2c(C(C)=O)c[nH]c12. The average Bonchev–Trinajstić information content (AvgIpc) is 2.69. The number of esters is 1. The van der Waals surface area contributed by atoms with Gasteiger partial charge in [0.2, 0.25) is 0 Å². The highest BCUT2D eigenvalue weighted by atomic mass is 35.5. The Hall–Kier alpha value is -1.88. The Labute approximate surface area is 108 Å². The van der Waals surface area contributed by atoms with Gasteiger partial charge in [-0.25, -0.2) is 4.98 Å². The number of aromatic nitrogens is 2. The molecule has 2 aromatic rings. The number of rotatable bonds is 3. The Bertz CT molecular complexity index is 634. The largest absolute Gasteiger partial charge is 0.459 e. The third-order valence-corrected chi connectivity index (χ3v) is 2.70. The molecule has 94 valence electrons. The lowest BCUT2D eigenvalue weighted by molar-refractivity contribution is -0.142. The number of ether oxygens (including phenoxy) is 1. The quantitative estimate of drug-likeness (QED) is 0.526. The summed E-state index contributed by atoms with van der Waals surface area (Å²) in [6.45, 7) is 2.81. The van der Waals surface area contributed by atoms with Gasteiger partial charge in [-0.2, -0.15) is 0 Å². The number of nitrogens with zero attached hydrogens (tertiary/aromatic N) is 1. The van der Waals surface area contributed by atoms with E-state index in [4.69, 9.17) is 16.3 Å². The van der Waals surface area contributed by atoms with Crippen LogP contribution in [0.1, 0.15) is 29.9 Å². The number of carbonyl (C=O) groups is 2. The number of nitrogens with one attached hydrogen (secondary N) is 1. The van der Waals surface area contributed by atoms with Crippen molar-refractivity contribution in [1.82, 2.24) is 9.97 Å². The lowest BCUT2D eigenvalue weighted by Crippen LogP contribution is -2.02. The van der Waals surface area contributed by atoms with Gasteiger partial charge in [0.15, 0.2) is 5.78 Å². The number of Topliss-reactive ketones (excluding diaryl/α,β-unsaturated/α-hetero) is 1. The molecule has 0 aliphatic rings. The van der Waals surface area contributed by atoms with Crippen molar-refractivity contribution in [2.45, 2.75) is 20.5 Å². The van der Waals surface area contributed by atoms with Crippen LogP contribution in [0, 0.1) is 0 Å². The molecule has 2 aromatic heterocycles. The molecule has 0 aromatic carbocycles. The van der Waals surface area contributed by atoms with E-state index in [-0.39, 0.29) is 17.5 Å². The van der Waals surface area contributed by atoms with E-state index < -0.39 is 5.97 Å². The van der Waals surface area contributed by atoms with Crippen LogP contribution >= 0.6 is 11.6 Å². The second kappa shape index (κ2) is 4.78. The molecule has 2 heterocycles. The van der Waals surface area contributed by atoms with E-state index in [1.807, 2.05) is 0 Å². The predicted molar refractivity (Wildman–Crippen MR) is 66.6 cm³/mol. The molecule has 0 aliphatic heterocycles. The normalized spacial score (nSPS) is 10.6. The van der Waals surface area contributed by atoms with Gasteiger partial charge in [-0.15, -0.1) is 0 Å². The second-order valence-electron chi connectivity index (χ2n) is 3.85. The van der Waals surface area contributed by atoms with Crippen molar-refractivity contribution in [1.29, 1.82) is 0 Å². The molecule has 0 amide bonds. The molecule has 0 radical (unpaired) electrons. The van der Waals surface area contributed by atoms with Gasteiger partial charge in [0, 0.05) is 24.1 Å². The molecule has 6 heteroatoms. The maximum atomic E-state index is 11.4. The summed E-state index contributed by atoms with van der Waals surface area (Å²) in [6.07, 6.45) is 1.60. The number of ketones is 1. The van der Waals surface area contributed by atoms with Gasteiger partial charge in [0.1, 0.15) is 17.5 Å². The Morgan fingerprint density at radius 3 is 2.78 bits per heavy atom. The van der Waals surface area contributed by atoms with Crippen molar-refractivity contribution in [3.8, 4) is 0 Å². The van der Waals surface area contributed by atoms with Crippen LogP contribution in [0.4, 0.5) is 0 Å². The van der Waals surface area contributed by atoms with E-state index in [2.05, 4.69) is 9.97 Å². The van der Waals surface area contributed by atoms with Gasteiger partial charge < -0.3 is 9.72 Å². The van der Waals surface area contributed by atoms with Crippen LogP contribution < -0.4 is 0 Å². The summed E-state index contributed by atoms with van der Waals surface area (Å²) in [6, 6.07) is 1.61. The molecule has 0 atom stereocenters. The first-order chi connectivity index (χ1) is 8.49. The molecule has 0 spiro atoms.